The molecule has 0 radical (unpaired) electrons. The summed E-state index contributed by atoms with van der Waals surface area (Å²) in [7, 11) is 0. The van der Waals surface area contributed by atoms with Crippen LogP contribution >= 0.6 is 11.6 Å². The quantitative estimate of drug-likeness (QED) is 0.803. The molecule has 78 valence electrons. The Morgan fingerprint density at radius 3 is 2.87 bits per heavy atom. The number of nitrogens with zero attached hydrogens (tertiary/aromatic N) is 1. The molecule has 0 fully saturated rings. The summed E-state index contributed by atoms with van der Waals surface area (Å²) in [6.07, 6.45) is 0. The van der Waals surface area contributed by atoms with E-state index in [1.807, 2.05) is 6.07 Å². The van der Waals surface area contributed by atoms with Crippen LogP contribution in [0.25, 0.3) is 0 Å². The summed E-state index contributed by atoms with van der Waals surface area (Å²) in [5, 5.41) is 20.2. The van der Waals surface area contributed by atoms with E-state index in [9.17, 15) is 4.79 Å². The minimum atomic E-state index is -0.565. The second kappa shape index (κ2) is 4.67. The standard InChI is InChI=1S/C10H9ClN2O2/c1-6(5-12)13-10(15)7-2-3-9(14)8(11)4-7/h2-4,6,14H,1H3,(H,13,15). The first kappa shape index (κ1) is 11.3. The number of phenolic OH excluding ortho intramolecular Hbond substituents is 1. The van der Waals surface area contributed by atoms with Crippen molar-refractivity contribution in [1.29, 1.82) is 5.26 Å². The molecule has 0 saturated heterocycles. The maximum absolute atomic E-state index is 11.5. The lowest BCUT2D eigenvalue weighted by atomic mass is 10.2. The van der Waals surface area contributed by atoms with Gasteiger partial charge in [-0.05, 0) is 25.1 Å². The van der Waals surface area contributed by atoms with E-state index in [4.69, 9.17) is 22.0 Å². The highest BCUT2D eigenvalue weighted by molar-refractivity contribution is 6.32. The van der Waals surface area contributed by atoms with E-state index in [1.165, 1.54) is 18.2 Å². The van der Waals surface area contributed by atoms with E-state index in [0.717, 1.165) is 0 Å². The maximum Gasteiger partial charge on any atom is 0.252 e. The molecule has 1 aromatic carbocycles. The lowest BCUT2D eigenvalue weighted by Crippen LogP contribution is -2.31. The average Bonchev–Trinajstić information content (AvgIpc) is 2.21. The first-order valence-corrected chi connectivity index (χ1v) is 4.61. The summed E-state index contributed by atoms with van der Waals surface area (Å²) < 4.78 is 0. The number of amides is 1. The molecule has 4 nitrogen and oxygen atoms in total. The molecule has 1 aromatic rings. The Bertz CT molecular complexity index is 426. The maximum atomic E-state index is 11.5. The van der Waals surface area contributed by atoms with Crippen LogP contribution < -0.4 is 5.32 Å². The van der Waals surface area contributed by atoms with Gasteiger partial charge in [-0.15, -0.1) is 0 Å². The molecule has 0 spiro atoms. The van der Waals surface area contributed by atoms with Gasteiger partial charge in [-0.3, -0.25) is 4.79 Å². The zero-order valence-corrected chi connectivity index (χ0v) is 8.75. The molecule has 0 aliphatic rings. The number of nitriles is 1. The molecule has 5 heteroatoms. The van der Waals surface area contributed by atoms with Crippen LogP contribution in [0.15, 0.2) is 18.2 Å². The molecule has 1 atom stereocenters. The molecule has 0 heterocycles. The van der Waals surface area contributed by atoms with E-state index in [-0.39, 0.29) is 10.8 Å². The van der Waals surface area contributed by atoms with Gasteiger partial charge in [-0.25, -0.2) is 0 Å². The lowest BCUT2D eigenvalue weighted by Gasteiger charge is -2.06. The Morgan fingerprint density at radius 2 is 2.33 bits per heavy atom. The molecule has 0 aliphatic carbocycles. The summed E-state index contributed by atoms with van der Waals surface area (Å²) in [4.78, 5) is 11.5. The number of nitrogens with one attached hydrogen (secondary N) is 1. The van der Waals surface area contributed by atoms with Crippen molar-refractivity contribution in [2.24, 2.45) is 0 Å². The molecule has 0 aliphatic heterocycles. The summed E-state index contributed by atoms with van der Waals surface area (Å²) in [6.45, 7) is 1.57. The zero-order chi connectivity index (χ0) is 11.4. The monoisotopic (exact) mass is 224 g/mol. The number of benzene rings is 1. The molecular formula is C10H9ClN2O2. The van der Waals surface area contributed by atoms with Crippen LogP contribution in [0.1, 0.15) is 17.3 Å². The van der Waals surface area contributed by atoms with Crippen LogP contribution in [0.3, 0.4) is 0 Å². The minimum absolute atomic E-state index is 0.0819. The number of rotatable bonds is 2. The van der Waals surface area contributed by atoms with Crippen LogP contribution in [0.4, 0.5) is 0 Å². The molecule has 0 aromatic heterocycles. The van der Waals surface area contributed by atoms with E-state index >= 15 is 0 Å². The van der Waals surface area contributed by atoms with Crippen molar-refractivity contribution in [2.45, 2.75) is 13.0 Å². The topological polar surface area (TPSA) is 73.1 Å². The Labute approximate surface area is 92.1 Å². The lowest BCUT2D eigenvalue weighted by molar-refractivity contribution is 0.0948. The highest BCUT2D eigenvalue weighted by atomic mass is 35.5. The normalized spacial score (nSPS) is 11.5. The number of carbonyl (C=O) groups is 1. The number of aromatic hydroxyl groups is 1. The van der Waals surface area contributed by atoms with Crippen LogP contribution in [-0.2, 0) is 0 Å². The van der Waals surface area contributed by atoms with Crippen molar-refractivity contribution in [2.75, 3.05) is 0 Å². The zero-order valence-electron chi connectivity index (χ0n) is 7.99. The number of carbonyl (C=O) groups excluding carboxylic acids is 1. The molecule has 1 rings (SSSR count). The Morgan fingerprint density at radius 1 is 1.67 bits per heavy atom. The van der Waals surface area contributed by atoms with Crippen molar-refractivity contribution in [3.05, 3.63) is 28.8 Å². The number of halogens is 1. The third-order valence-electron chi connectivity index (χ3n) is 1.75. The highest BCUT2D eigenvalue weighted by Crippen LogP contribution is 2.23. The van der Waals surface area contributed by atoms with E-state index < -0.39 is 11.9 Å². The van der Waals surface area contributed by atoms with Gasteiger partial charge in [0, 0.05) is 5.56 Å². The summed E-state index contributed by atoms with van der Waals surface area (Å²) in [5.41, 5.74) is 0.305. The summed E-state index contributed by atoms with van der Waals surface area (Å²) >= 11 is 5.63. The third-order valence-corrected chi connectivity index (χ3v) is 2.05. The van der Waals surface area contributed by atoms with Gasteiger partial charge in [-0.1, -0.05) is 11.6 Å². The van der Waals surface area contributed by atoms with Gasteiger partial charge in [0.2, 0.25) is 0 Å². The van der Waals surface area contributed by atoms with Gasteiger partial charge < -0.3 is 10.4 Å². The van der Waals surface area contributed by atoms with Crippen LogP contribution in [0.2, 0.25) is 5.02 Å². The van der Waals surface area contributed by atoms with Gasteiger partial charge in [0.15, 0.2) is 0 Å². The van der Waals surface area contributed by atoms with Crippen molar-refractivity contribution in [1.82, 2.24) is 5.32 Å². The molecule has 15 heavy (non-hydrogen) atoms. The first-order valence-electron chi connectivity index (χ1n) is 4.23. The number of phenols is 1. The van der Waals surface area contributed by atoms with Crippen molar-refractivity contribution in [3.63, 3.8) is 0 Å². The van der Waals surface area contributed by atoms with Crippen LogP contribution in [0.5, 0.6) is 5.75 Å². The molecular weight excluding hydrogens is 216 g/mol. The molecule has 0 saturated carbocycles. The summed E-state index contributed by atoms with van der Waals surface area (Å²) in [6, 6.07) is 5.41. The molecule has 1 unspecified atom stereocenters. The van der Waals surface area contributed by atoms with E-state index in [0.29, 0.717) is 5.56 Å². The van der Waals surface area contributed by atoms with Gasteiger partial charge in [0.25, 0.3) is 5.91 Å². The second-order valence-electron chi connectivity index (χ2n) is 2.99. The van der Waals surface area contributed by atoms with Gasteiger partial charge in [0.05, 0.1) is 11.1 Å². The fourth-order valence-electron chi connectivity index (χ4n) is 0.960. The van der Waals surface area contributed by atoms with E-state index in [1.54, 1.807) is 6.92 Å². The summed E-state index contributed by atoms with van der Waals surface area (Å²) in [5.74, 6) is -0.479. The molecule has 0 bridgehead atoms. The minimum Gasteiger partial charge on any atom is -0.506 e. The third kappa shape index (κ3) is 2.86. The van der Waals surface area contributed by atoms with Crippen LogP contribution in [-0.4, -0.2) is 17.1 Å². The Kier molecular flexibility index (Phi) is 3.53. The van der Waals surface area contributed by atoms with Crippen molar-refractivity contribution in [3.8, 4) is 11.8 Å². The van der Waals surface area contributed by atoms with Crippen molar-refractivity contribution < 1.29 is 9.90 Å². The molecule has 2 N–H and O–H groups in total. The SMILES string of the molecule is CC(C#N)NC(=O)c1ccc(O)c(Cl)c1. The van der Waals surface area contributed by atoms with E-state index in [2.05, 4.69) is 5.32 Å². The fraction of sp³-hybridized carbons (Fsp3) is 0.200. The van der Waals surface area contributed by atoms with Crippen molar-refractivity contribution >= 4 is 17.5 Å². The molecule has 1 amide bonds. The van der Waals surface area contributed by atoms with Gasteiger partial charge in [-0.2, -0.15) is 5.26 Å². The van der Waals surface area contributed by atoms with Gasteiger partial charge >= 0.3 is 0 Å². The Balaban J connectivity index is 2.84. The largest absolute Gasteiger partial charge is 0.506 e. The highest BCUT2D eigenvalue weighted by Gasteiger charge is 2.10. The Hall–Kier alpha value is -1.73. The predicted octanol–water partition coefficient (Wildman–Crippen LogP) is 1.69. The van der Waals surface area contributed by atoms with Gasteiger partial charge in [0.1, 0.15) is 11.8 Å². The predicted molar refractivity (Wildman–Crippen MR) is 55.7 cm³/mol. The first-order chi connectivity index (χ1) is 7.04. The number of hydrogen-bond acceptors (Lipinski definition) is 3. The number of hydrogen-bond donors (Lipinski definition) is 2. The van der Waals surface area contributed by atoms with Crippen LogP contribution in [0, 0.1) is 11.3 Å². The second-order valence-corrected chi connectivity index (χ2v) is 3.40. The fourth-order valence-corrected chi connectivity index (χ4v) is 1.14. The average molecular weight is 225 g/mol. The smallest absolute Gasteiger partial charge is 0.252 e.